The first-order valence-corrected chi connectivity index (χ1v) is 5.57. The summed E-state index contributed by atoms with van der Waals surface area (Å²) in [5, 5.41) is 9.04. The van der Waals surface area contributed by atoms with E-state index in [0.717, 1.165) is 7.37 Å². The Bertz CT molecular complexity index is 182. The van der Waals surface area contributed by atoms with Crippen molar-refractivity contribution in [2.75, 3.05) is 13.2 Å². The molecule has 1 N–H and O–H groups in total. The molecule has 0 saturated heterocycles. The fraction of sp³-hybridized carbons (Fsp3) is 1.00. The third-order valence-corrected chi connectivity index (χ3v) is 2.00. The molecule has 0 aliphatic heterocycles. The van der Waals surface area contributed by atoms with Crippen molar-refractivity contribution in [2.24, 2.45) is 0 Å². The van der Waals surface area contributed by atoms with Crippen molar-refractivity contribution in [3.05, 3.63) is 0 Å². The number of aliphatic hydroxyl groups excluding tert-OH is 1. The SMILES string of the molecule is CB(C)BOC(C)(C)COC(C)(C)CO. The fourth-order valence-corrected chi connectivity index (χ4v) is 0.849. The van der Waals surface area contributed by atoms with E-state index in [1.807, 2.05) is 27.7 Å². The zero-order valence-electron chi connectivity index (χ0n) is 11.0. The molecule has 0 rings (SSSR count). The highest BCUT2D eigenvalue weighted by molar-refractivity contribution is 7.08. The van der Waals surface area contributed by atoms with Crippen molar-refractivity contribution < 1.29 is 14.5 Å². The lowest BCUT2D eigenvalue weighted by Gasteiger charge is -2.31. The van der Waals surface area contributed by atoms with Gasteiger partial charge in [0.1, 0.15) is 6.60 Å². The molecular formula is C10H24B2O3. The maximum Gasteiger partial charge on any atom is 0.239 e. The molecule has 0 heterocycles. The maximum atomic E-state index is 9.04. The van der Waals surface area contributed by atoms with Crippen LogP contribution in [0, 0.1) is 0 Å². The van der Waals surface area contributed by atoms with E-state index in [0.29, 0.717) is 13.2 Å². The fourth-order valence-electron chi connectivity index (χ4n) is 0.849. The minimum atomic E-state index is -0.488. The molecule has 0 saturated carbocycles. The summed E-state index contributed by atoms with van der Waals surface area (Å²) < 4.78 is 11.3. The lowest BCUT2D eigenvalue weighted by atomic mass is 9.32. The summed E-state index contributed by atoms with van der Waals surface area (Å²) in [6, 6.07) is 0. The topological polar surface area (TPSA) is 38.7 Å². The minimum Gasteiger partial charge on any atom is -0.442 e. The van der Waals surface area contributed by atoms with Crippen LogP contribution in [0.2, 0.25) is 13.6 Å². The highest BCUT2D eigenvalue weighted by atomic mass is 16.5. The van der Waals surface area contributed by atoms with Crippen molar-refractivity contribution in [2.45, 2.75) is 52.5 Å². The highest BCUT2D eigenvalue weighted by Gasteiger charge is 2.25. The van der Waals surface area contributed by atoms with Crippen molar-refractivity contribution in [3.63, 3.8) is 0 Å². The number of aliphatic hydroxyl groups is 1. The van der Waals surface area contributed by atoms with Crippen LogP contribution in [-0.2, 0) is 9.39 Å². The van der Waals surface area contributed by atoms with E-state index in [1.54, 1.807) is 0 Å². The summed E-state index contributed by atoms with van der Waals surface area (Å²) in [5.41, 5.74) is -0.783. The average Bonchev–Trinajstić information content (AvgIpc) is 2.13. The van der Waals surface area contributed by atoms with E-state index >= 15 is 0 Å². The smallest absolute Gasteiger partial charge is 0.239 e. The normalized spacial score (nSPS) is 12.7. The second-order valence-electron chi connectivity index (χ2n) is 5.67. The Hall–Kier alpha value is 0.00987. The molecule has 0 aromatic heterocycles. The van der Waals surface area contributed by atoms with Gasteiger partial charge in [0.15, 0.2) is 0 Å². The molecule has 0 amide bonds. The molecule has 0 unspecified atom stereocenters. The van der Waals surface area contributed by atoms with E-state index < -0.39 is 5.60 Å². The largest absolute Gasteiger partial charge is 0.442 e. The van der Waals surface area contributed by atoms with Gasteiger partial charge in [-0.15, -0.1) is 0 Å². The molecule has 0 aliphatic rings. The van der Waals surface area contributed by atoms with Crippen LogP contribution in [0.4, 0.5) is 0 Å². The summed E-state index contributed by atoms with van der Waals surface area (Å²) in [4.78, 5) is 0. The third kappa shape index (κ3) is 7.88. The maximum absolute atomic E-state index is 9.04. The summed E-state index contributed by atoms with van der Waals surface area (Å²) in [6.07, 6.45) is 0. The van der Waals surface area contributed by atoms with Crippen LogP contribution in [0.3, 0.4) is 0 Å². The van der Waals surface area contributed by atoms with Gasteiger partial charge in [0.2, 0.25) is 7.37 Å². The van der Waals surface area contributed by atoms with Gasteiger partial charge in [-0.2, -0.15) is 0 Å². The van der Waals surface area contributed by atoms with Crippen molar-refractivity contribution >= 4 is 14.0 Å². The molecule has 88 valence electrons. The van der Waals surface area contributed by atoms with Gasteiger partial charge in [-0.25, -0.2) is 0 Å². The molecule has 5 heteroatoms. The van der Waals surface area contributed by atoms with E-state index in [4.69, 9.17) is 14.5 Å². The first-order chi connectivity index (χ1) is 6.68. The molecule has 0 atom stereocenters. The average molecular weight is 214 g/mol. The van der Waals surface area contributed by atoms with Gasteiger partial charge in [-0.05, 0) is 27.7 Å². The molecule has 0 aromatic rings. The van der Waals surface area contributed by atoms with Crippen LogP contribution >= 0.6 is 0 Å². The van der Waals surface area contributed by atoms with Gasteiger partial charge < -0.3 is 14.5 Å². The summed E-state index contributed by atoms with van der Waals surface area (Å²) in [5.74, 6) is 0. The highest BCUT2D eigenvalue weighted by Crippen LogP contribution is 2.15. The van der Waals surface area contributed by atoms with Crippen LogP contribution in [0.25, 0.3) is 0 Å². The van der Waals surface area contributed by atoms with Crippen molar-refractivity contribution in [1.82, 2.24) is 0 Å². The van der Waals surface area contributed by atoms with Crippen molar-refractivity contribution in [3.8, 4) is 0 Å². The Kier molecular flexibility index (Phi) is 5.93. The van der Waals surface area contributed by atoms with E-state index in [-0.39, 0.29) is 12.2 Å². The number of hydrogen-bond donors (Lipinski definition) is 1. The second kappa shape index (κ2) is 5.92. The third-order valence-electron chi connectivity index (χ3n) is 2.00. The molecule has 0 radical (unpaired) electrons. The quantitative estimate of drug-likeness (QED) is 0.646. The van der Waals surface area contributed by atoms with Gasteiger partial charge in [0.25, 0.3) is 0 Å². The second-order valence-corrected chi connectivity index (χ2v) is 5.67. The summed E-state index contributed by atoms with van der Waals surface area (Å²) in [6.45, 7) is 13.0. The lowest BCUT2D eigenvalue weighted by molar-refractivity contribution is -0.100. The molecule has 0 fully saturated rings. The first-order valence-electron chi connectivity index (χ1n) is 5.57. The predicted octanol–water partition coefficient (Wildman–Crippen LogP) is 1.17. The number of hydrogen-bond acceptors (Lipinski definition) is 3. The molecule has 0 bridgehead atoms. The molecule has 3 nitrogen and oxygen atoms in total. The first kappa shape index (κ1) is 15.0. The Labute approximate surface area is 94.9 Å². The predicted molar refractivity (Wildman–Crippen MR) is 66.9 cm³/mol. The molecular weight excluding hydrogens is 190 g/mol. The van der Waals surface area contributed by atoms with Gasteiger partial charge in [-0.3, -0.25) is 0 Å². The Balaban J connectivity index is 3.93. The van der Waals surface area contributed by atoms with E-state index in [9.17, 15) is 0 Å². The van der Waals surface area contributed by atoms with Crippen molar-refractivity contribution in [1.29, 1.82) is 0 Å². The van der Waals surface area contributed by atoms with Crippen LogP contribution < -0.4 is 0 Å². The lowest BCUT2D eigenvalue weighted by Crippen LogP contribution is -2.40. The number of ether oxygens (including phenoxy) is 1. The molecule has 0 aromatic carbocycles. The van der Waals surface area contributed by atoms with Crippen LogP contribution in [0.1, 0.15) is 27.7 Å². The minimum absolute atomic E-state index is 0.0211. The monoisotopic (exact) mass is 214 g/mol. The molecule has 0 aliphatic carbocycles. The summed E-state index contributed by atoms with van der Waals surface area (Å²) in [7, 11) is 0.732. The zero-order valence-corrected chi connectivity index (χ0v) is 11.0. The molecule has 15 heavy (non-hydrogen) atoms. The van der Waals surface area contributed by atoms with Gasteiger partial charge in [0, 0.05) is 0 Å². The van der Waals surface area contributed by atoms with Gasteiger partial charge in [-0.1, -0.05) is 13.6 Å². The van der Waals surface area contributed by atoms with Crippen LogP contribution in [0.15, 0.2) is 0 Å². The number of rotatable bonds is 7. The van der Waals surface area contributed by atoms with E-state index in [1.165, 1.54) is 0 Å². The van der Waals surface area contributed by atoms with Gasteiger partial charge in [0.05, 0.1) is 24.4 Å². The zero-order chi connectivity index (χ0) is 12.1. The van der Waals surface area contributed by atoms with Crippen LogP contribution in [0.5, 0.6) is 0 Å². The van der Waals surface area contributed by atoms with Crippen LogP contribution in [-0.4, -0.2) is 43.5 Å². The van der Waals surface area contributed by atoms with Gasteiger partial charge >= 0.3 is 0 Å². The standard InChI is InChI=1S/C10H24B2O3/c1-9(2,7-13)14-8-10(3,4)15-11-12(5)6/h11,13H,7-8H2,1-6H3. The summed E-state index contributed by atoms with van der Waals surface area (Å²) >= 11 is 0. The Morgan fingerprint density at radius 3 is 2.07 bits per heavy atom. The Morgan fingerprint density at radius 1 is 1.13 bits per heavy atom. The molecule has 0 spiro atoms. The van der Waals surface area contributed by atoms with E-state index in [2.05, 4.69) is 13.6 Å². The Morgan fingerprint density at radius 2 is 1.67 bits per heavy atom.